The fourth-order valence-corrected chi connectivity index (χ4v) is 4.95. The number of benzene rings is 1. The second-order valence-electron chi connectivity index (χ2n) is 7.46. The third kappa shape index (κ3) is 3.20. The van der Waals surface area contributed by atoms with E-state index in [-0.39, 0.29) is 52.0 Å². The molecule has 1 heterocycles. The van der Waals surface area contributed by atoms with Gasteiger partial charge in [0.15, 0.2) is 17.6 Å². The number of fused-ring (bicyclic) bond motifs is 5. The molecule has 1 aromatic carbocycles. The van der Waals surface area contributed by atoms with Gasteiger partial charge in [-0.1, -0.05) is 23.8 Å². The summed E-state index contributed by atoms with van der Waals surface area (Å²) < 4.78 is 11.0. The van der Waals surface area contributed by atoms with Crippen molar-refractivity contribution in [3.05, 3.63) is 33.3 Å². The molecule has 2 aliphatic carbocycles. The number of carbonyl (C=O) groups excluding carboxylic acids is 2. The average molecular weight is 498 g/mol. The number of hydrogen-bond donors (Lipinski definition) is 1. The minimum Gasteiger partial charge on any atom is -0.493 e. The molecular weight excluding hydrogens is 480 g/mol. The molecule has 0 aromatic heterocycles. The van der Waals surface area contributed by atoms with E-state index < -0.39 is 12.1 Å². The number of nitrogens with zero attached hydrogens (tertiary/aromatic N) is 2. The van der Waals surface area contributed by atoms with Crippen molar-refractivity contribution in [3.63, 3.8) is 0 Å². The Morgan fingerprint density at radius 2 is 1.93 bits per heavy atom. The van der Waals surface area contributed by atoms with Crippen LogP contribution in [0.5, 0.6) is 11.5 Å². The Hall–Kier alpha value is -2.39. The Balaban J connectivity index is 1.61. The quantitative estimate of drug-likeness (QED) is 0.368. The summed E-state index contributed by atoms with van der Waals surface area (Å²) in [6, 6.07) is 1.53. The van der Waals surface area contributed by atoms with E-state index in [0.717, 1.165) is 11.4 Å². The minimum absolute atomic E-state index is 0.0589. The predicted octanol–water partition coefficient (Wildman–Crippen LogP) is 3.10. The van der Waals surface area contributed by atoms with Crippen LogP contribution in [-0.4, -0.2) is 47.3 Å². The first kappa shape index (κ1) is 20.9. The zero-order chi connectivity index (χ0) is 21.7. The van der Waals surface area contributed by atoms with E-state index in [9.17, 15) is 14.4 Å². The first-order chi connectivity index (χ1) is 14.2. The molecule has 158 valence electrons. The van der Waals surface area contributed by atoms with E-state index in [2.05, 4.69) is 21.0 Å². The normalized spacial score (nSPS) is 27.8. The molecule has 10 heteroatoms. The Morgan fingerprint density at radius 3 is 2.47 bits per heavy atom. The highest BCUT2D eigenvalue weighted by Crippen LogP contribution is 2.52. The first-order valence-corrected chi connectivity index (χ1v) is 10.5. The van der Waals surface area contributed by atoms with Gasteiger partial charge >= 0.3 is 5.97 Å². The Kier molecular flexibility index (Phi) is 5.36. The van der Waals surface area contributed by atoms with Crippen LogP contribution in [0.15, 0.2) is 27.8 Å². The van der Waals surface area contributed by atoms with Crippen molar-refractivity contribution in [1.29, 1.82) is 0 Å². The summed E-state index contributed by atoms with van der Waals surface area (Å²) in [7, 11) is 1.39. The highest BCUT2D eigenvalue weighted by Gasteiger charge is 2.59. The Labute approximate surface area is 185 Å². The summed E-state index contributed by atoms with van der Waals surface area (Å²) in [5, 5.41) is 14.2. The Morgan fingerprint density at radius 1 is 1.33 bits per heavy atom. The maximum absolute atomic E-state index is 12.7. The van der Waals surface area contributed by atoms with Gasteiger partial charge in [0.2, 0.25) is 0 Å². The number of hydrazone groups is 1. The van der Waals surface area contributed by atoms with Crippen LogP contribution in [0.1, 0.15) is 18.9 Å². The summed E-state index contributed by atoms with van der Waals surface area (Å²) in [6.45, 7) is 1.37. The molecule has 2 fully saturated rings. The molecule has 8 nitrogen and oxygen atoms in total. The summed E-state index contributed by atoms with van der Waals surface area (Å²) in [4.78, 5) is 36.6. The summed E-state index contributed by atoms with van der Waals surface area (Å²) in [6.07, 6.45) is 5.07. The summed E-state index contributed by atoms with van der Waals surface area (Å²) in [5.74, 6) is -1.95. The van der Waals surface area contributed by atoms with Crippen molar-refractivity contribution in [2.45, 2.75) is 19.4 Å². The van der Waals surface area contributed by atoms with Gasteiger partial charge in [-0.3, -0.25) is 9.59 Å². The fourth-order valence-electron chi connectivity index (χ4n) is 4.31. The smallest absolute Gasteiger partial charge is 0.344 e. The van der Waals surface area contributed by atoms with Crippen LogP contribution in [0.3, 0.4) is 0 Å². The molecule has 1 saturated carbocycles. The predicted molar refractivity (Wildman–Crippen MR) is 111 cm³/mol. The number of halogens is 2. The molecular formula is C20H18BrClN2O6. The number of amides is 2. The van der Waals surface area contributed by atoms with Crippen LogP contribution in [-0.2, 0) is 14.4 Å². The molecule has 1 saturated heterocycles. The lowest BCUT2D eigenvalue weighted by atomic mass is 9.85. The summed E-state index contributed by atoms with van der Waals surface area (Å²) in [5.41, 5.74) is 0.436. The van der Waals surface area contributed by atoms with Gasteiger partial charge in [0, 0.05) is 10.0 Å². The SMILES string of the molecule is COc1cc(C=NN2C(=O)[C@@H]3[C@H](C2=O)[C@H]2C=C[C@H]3C2)c(Br)c(Cl)c1O[C@@H](C)C(=O)O. The van der Waals surface area contributed by atoms with Gasteiger partial charge in [-0.05, 0) is 47.2 Å². The molecule has 1 N–H and O–H groups in total. The van der Waals surface area contributed by atoms with Gasteiger partial charge in [0.05, 0.1) is 25.2 Å². The number of allylic oxidation sites excluding steroid dienone is 2. The molecule has 1 aromatic rings. The van der Waals surface area contributed by atoms with Crippen LogP contribution in [0.2, 0.25) is 5.02 Å². The third-order valence-corrected chi connectivity index (χ3v) is 7.22. The first-order valence-electron chi connectivity index (χ1n) is 9.30. The highest BCUT2D eigenvalue weighted by molar-refractivity contribution is 9.10. The Bertz CT molecular complexity index is 980. The largest absolute Gasteiger partial charge is 0.493 e. The molecule has 5 atom stereocenters. The number of hydrogen-bond acceptors (Lipinski definition) is 6. The van der Waals surface area contributed by atoms with E-state index in [1.54, 1.807) is 0 Å². The molecule has 2 bridgehead atoms. The molecule has 2 amide bonds. The van der Waals surface area contributed by atoms with Gasteiger partial charge in [-0.25, -0.2) is 4.79 Å². The number of methoxy groups -OCH3 is 1. The standard InChI is InChI=1S/C20H18BrClN2O6/c1-8(20(27)28)30-17-12(29-2)6-11(15(21)16(17)22)7-23-24-18(25)13-9-3-4-10(5-9)14(13)19(24)26/h3-4,6-10,13-14H,5H2,1-2H3,(H,27,28)/t8-,9-,10-,13-,14+/m0/s1. The summed E-state index contributed by atoms with van der Waals surface area (Å²) >= 11 is 9.68. The number of rotatable bonds is 6. The van der Waals surface area contributed by atoms with Crippen LogP contribution >= 0.6 is 27.5 Å². The van der Waals surface area contributed by atoms with Gasteiger partial charge < -0.3 is 14.6 Å². The lowest BCUT2D eigenvalue weighted by Gasteiger charge is -2.17. The van der Waals surface area contributed by atoms with Crippen molar-refractivity contribution in [2.75, 3.05) is 7.11 Å². The molecule has 4 rings (SSSR count). The number of imide groups is 1. The maximum Gasteiger partial charge on any atom is 0.344 e. The van der Waals surface area contributed by atoms with E-state index in [4.69, 9.17) is 26.2 Å². The van der Waals surface area contributed by atoms with Crippen molar-refractivity contribution in [3.8, 4) is 11.5 Å². The van der Waals surface area contributed by atoms with Gasteiger partial charge in [0.25, 0.3) is 11.8 Å². The molecule has 0 spiro atoms. The molecule has 0 unspecified atom stereocenters. The lowest BCUT2D eigenvalue weighted by molar-refractivity contribution is -0.144. The van der Waals surface area contributed by atoms with E-state index >= 15 is 0 Å². The van der Waals surface area contributed by atoms with Crippen molar-refractivity contribution in [2.24, 2.45) is 28.8 Å². The van der Waals surface area contributed by atoms with Crippen molar-refractivity contribution in [1.82, 2.24) is 5.01 Å². The van der Waals surface area contributed by atoms with Gasteiger partial charge in [0.1, 0.15) is 5.02 Å². The zero-order valence-electron chi connectivity index (χ0n) is 16.0. The van der Waals surface area contributed by atoms with Crippen molar-refractivity contribution >= 4 is 51.5 Å². The van der Waals surface area contributed by atoms with Crippen molar-refractivity contribution < 1.29 is 29.0 Å². The molecule has 3 aliphatic rings. The zero-order valence-corrected chi connectivity index (χ0v) is 18.4. The number of ether oxygens (including phenoxy) is 2. The fraction of sp³-hybridized carbons (Fsp3) is 0.400. The van der Waals surface area contributed by atoms with Crippen LogP contribution in [0.25, 0.3) is 0 Å². The van der Waals surface area contributed by atoms with Crippen LogP contribution in [0.4, 0.5) is 0 Å². The number of aliphatic carboxylic acids is 1. The number of carboxylic acids is 1. The second-order valence-corrected chi connectivity index (χ2v) is 8.63. The monoisotopic (exact) mass is 496 g/mol. The highest BCUT2D eigenvalue weighted by atomic mass is 79.9. The number of carbonyl (C=O) groups is 3. The maximum atomic E-state index is 12.7. The van der Waals surface area contributed by atoms with Crippen LogP contribution in [0, 0.1) is 23.7 Å². The van der Waals surface area contributed by atoms with E-state index in [1.165, 1.54) is 26.3 Å². The van der Waals surface area contributed by atoms with E-state index in [1.807, 2.05) is 12.2 Å². The molecule has 30 heavy (non-hydrogen) atoms. The third-order valence-electron chi connectivity index (χ3n) is 5.78. The number of carboxylic acid groups (broad SMARTS) is 1. The van der Waals surface area contributed by atoms with Crippen LogP contribution < -0.4 is 9.47 Å². The average Bonchev–Trinajstić information content (AvgIpc) is 3.39. The minimum atomic E-state index is -1.16. The second kappa shape index (κ2) is 7.70. The molecule has 1 aliphatic heterocycles. The van der Waals surface area contributed by atoms with Gasteiger partial charge in [-0.15, -0.1) is 0 Å². The molecule has 0 radical (unpaired) electrons. The van der Waals surface area contributed by atoms with Gasteiger partial charge in [-0.2, -0.15) is 10.1 Å². The lowest BCUT2D eigenvalue weighted by Crippen LogP contribution is -2.28. The van der Waals surface area contributed by atoms with E-state index in [0.29, 0.717) is 10.0 Å². The topological polar surface area (TPSA) is 106 Å².